The number of hydrogen-bond acceptors (Lipinski definition) is 7. The number of nitrogens with one attached hydrogen (secondary N) is 2. The maximum absolute atomic E-state index is 13.6. The quantitative estimate of drug-likeness (QED) is 0.531. The predicted molar refractivity (Wildman–Crippen MR) is 135 cm³/mol. The first-order valence-electron chi connectivity index (χ1n) is 12.0. The van der Waals surface area contributed by atoms with Gasteiger partial charge in [0.15, 0.2) is 0 Å². The van der Waals surface area contributed by atoms with E-state index >= 15 is 0 Å². The fourth-order valence-electron chi connectivity index (χ4n) is 4.60. The van der Waals surface area contributed by atoms with Crippen molar-refractivity contribution < 1.29 is 22.8 Å². The van der Waals surface area contributed by atoms with Gasteiger partial charge >= 0.3 is 6.18 Å². The highest BCUT2D eigenvalue weighted by molar-refractivity contribution is 5.94. The van der Waals surface area contributed by atoms with Crippen molar-refractivity contribution in [2.75, 3.05) is 43.9 Å². The molecule has 0 bridgehead atoms. The molecule has 2 atom stereocenters. The van der Waals surface area contributed by atoms with Crippen molar-refractivity contribution >= 4 is 29.3 Å². The SMILES string of the molecule is C.CN1CCN(C(=O)c2ccc(Nc3ncc(C(F)(F)F)c(N[C@@H]4CCCC[C@H]4C(N)=O)n3)cc2)CC1. The van der Waals surface area contributed by atoms with Gasteiger partial charge in [-0.3, -0.25) is 9.59 Å². The Hall–Kier alpha value is -3.41. The molecule has 1 saturated carbocycles. The van der Waals surface area contributed by atoms with Gasteiger partial charge in [0, 0.05) is 49.7 Å². The lowest BCUT2D eigenvalue weighted by Gasteiger charge is -2.32. The molecule has 1 aromatic heterocycles. The normalized spacial score (nSPS) is 20.6. The highest BCUT2D eigenvalue weighted by Gasteiger charge is 2.37. The van der Waals surface area contributed by atoms with Crippen molar-refractivity contribution in [3.8, 4) is 0 Å². The van der Waals surface area contributed by atoms with Crippen LogP contribution in [0.1, 0.15) is 49.0 Å². The van der Waals surface area contributed by atoms with E-state index in [4.69, 9.17) is 5.73 Å². The number of likely N-dealkylation sites (N-methyl/N-ethyl adjacent to an activating group) is 1. The molecule has 0 spiro atoms. The van der Waals surface area contributed by atoms with Gasteiger partial charge in [-0.2, -0.15) is 18.2 Å². The maximum atomic E-state index is 13.6. The standard InChI is InChI=1S/C24H30F3N7O2.CH4/c1-33-10-12-34(13-11-33)22(36)15-6-8-16(9-7-15)30-23-29-14-18(24(25,26)27)21(32-23)31-19-5-3-2-4-17(19)20(28)35;/h6-9,14,17,19H,2-5,10-13H2,1H3,(H2,28,35)(H2,29,30,31,32);1H4/t17-,19-;/m1./s1. The molecule has 4 rings (SSSR count). The minimum absolute atomic E-state index is 0. The smallest absolute Gasteiger partial charge is 0.369 e. The van der Waals surface area contributed by atoms with Crippen LogP contribution in [0.5, 0.6) is 0 Å². The van der Waals surface area contributed by atoms with Gasteiger partial charge in [0.2, 0.25) is 11.9 Å². The molecule has 0 radical (unpaired) electrons. The number of amides is 2. The van der Waals surface area contributed by atoms with Crippen molar-refractivity contribution in [2.45, 2.75) is 45.3 Å². The van der Waals surface area contributed by atoms with Gasteiger partial charge in [-0.25, -0.2) is 4.98 Å². The second-order valence-electron chi connectivity index (χ2n) is 9.30. The molecule has 4 N–H and O–H groups in total. The van der Waals surface area contributed by atoms with E-state index in [0.29, 0.717) is 43.4 Å². The Labute approximate surface area is 214 Å². The van der Waals surface area contributed by atoms with Crippen molar-refractivity contribution in [1.82, 2.24) is 19.8 Å². The molecule has 2 amide bonds. The van der Waals surface area contributed by atoms with E-state index in [9.17, 15) is 22.8 Å². The van der Waals surface area contributed by atoms with Crippen LogP contribution in [-0.4, -0.2) is 70.9 Å². The molecule has 2 aliphatic rings. The van der Waals surface area contributed by atoms with E-state index in [1.807, 2.05) is 7.05 Å². The number of aromatic nitrogens is 2. The molecular weight excluding hydrogens is 487 g/mol. The lowest BCUT2D eigenvalue weighted by atomic mass is 9.84. The van der Waals surface area contributed by atoms with Gasteiger partial charge < -0.3 is 26.2 Å². The summed E-state index contributed by atoms with van der Waals surface area (Å²) in [7, 11) is 2.01. The lowest BCUT2D eigenvalue weighted by molar-refractivity contribution is -0.137. The van der Waals surface area contributed by atoms with E-state index in [1.165, 1.54) is 0 Å². The molecule has 1 saturated heterocycles. The molecule has 0 unspecified atom stereocenters. The number of piperazine rings is 1. The first-order chi connectivity index (χ1) is 17.1. The van der Waals surface area contributed by atoms with E-state index < -0.39 is 35.4 Å². The zero-order valence-corrected chi connectivity index (χ0v) is 20.0. The molecular formula is C25H34F3N7O2. The van der Waals surface area contributed by atoms with Gasteiger partial charge in [0.25, 0.3) is 5.91 Å². The third-order valence-corrected chi connectivity index (χ3v) is 6.73. The van der Waals surface area contributed by atoms with Crippen molar-refractivity contribution in [2.24, 2.45) is 11.7 Å². The van der Waals surface area contributed by atoms with Crippen LogP contribution in [0, 0.1) is 5.92 Å². The topological polar surface area (TPSA) is 116 Å². The zero-order valence-electron chi connectivity index (χ0n) is 20.0. The fourth-order valence-corrected chi connectivity index (χ4v) is 4.60. The van der Waals surface area contributed by atoms with Gasteiger partial charge in [-0.1, -0.05) is 20.3 Å². The van der Waals surface area contributed by atoms with E-state index in [-0.39, 0.29) is 19.3 Å². The number of primary amides is 1. The highest BCUT2D eigenvalue weighted by Crippen LogP contribution is 2.36. The van der Waals surface area contributed by atoms with Crippen LogP contribution in [0.3, 0.4) is 0 Å². The Morgan fingerprint density at radius 1 is 1.05 bits per heavy atom. The molecule has 2 aromatic rings. The van der Waals surface area contributed by atoms with Crippen LogP contribution in [0.15, 0.2) is 30.5 Å². The van der Waals surface area contributed by atoms with E-state index in [0.717, 1.165) is 25.9 Å². The van der Waals surface area contributed by atoms with Gasteiger partial charge in [-0.05, 0) is 44.2 Å². The Balaban J connectivity index is 0.00000380. The summed E-state index contributed by atoms with van der Waals surface area (Å²) in [6.07, 6.45) is -1.36. The van der Waals surface area contributed by atoms with Crippen molar-refractivity contribution in [1.29, 1.82) is 0 Å². The minimum atomic E-state index is -4.68. The molecule has 37 heavy (non-hydrogen) atoms. The number of halogens is 3. The number of carbonyl (C=O) groups is 2. The van der Waals surface area contributed by atoms with Crippen LogP contribution in [-0.2, 0) is 11.0 Å². The van der Waals surface area contributed by atoms with Crippen LogP contribution < -0.4 is 16.4 Å². The van der Waals surface area contributed by atoms with Crippen LogP contribution >= 0.6 is 0 Å². The van der Waals surface area contributed by atoms with E-state index in [1.54, 1.807) is 29.2 Å². The second kappa shape index (κ2) is 11.8. The summed E-state index contributed by atoms with van der Waals surface area (Å²) in [5, 5.41) is 5.70. The molecule has 12 heteroatoms. The fraction of sp³-hybridized carbons (Fsp3) is 0.520. The summed E-state index contributed by atoms with van der Waals surface area (Å²) < 4.78 is 40.9. The van der Waals surface area contributed by atoms with Crippen LogP contribution in [0.2, 0.25) is 0 Å². The molecule has 2 heterocycles. The number of benzene rings is 1. The summed E-state index contributed by atoms with van der Waals surface area (Å²) in [4.78, 5) is 36.4. The number of carbonyl (C=O) groups excluding carboxylic acids is 2. The molecule has 2 fully saturated rings. The molecule has 1 aromatic carbocycles. The maximum Gasteiger partial charge on any atom is 0.421 e. The summed E-state index contributed by atoms with van der Waals surface area (Å²) in [6.45, 7) is 2.94. The number of anilines is 3. The second-order valence-corrected chi connectivity index (χ2v) is 9.30. The van der Waals surface area contributed by atoms with Crippen molar-refractivity contribution in [3.05, 3.63) is 41.6 Å². The Morgan fingerprint density at radius 2 is 1.70 bits per heavy atom. The molecule has 9 nitrogen and oxygen atoms in total. The molecule has 1 aliphatic heterocycles. The largest absolute Gasteiger partial charge is 0.421 e. The third kappa shape index (κ3) is 6.88. The average molecular weight is 522 g/mol. The summed E-state index contributed by atoms with van der Waals surface area (Å²) in [6, 6.07) is 6.08. The summed E-state index contributed by atoms with van der Waals surface area (Å²) in [5.41, 5.74) is 5.50. The number of alkyl halides is 3. The van der Waals surface area contributed by atoms with Gasteiger partial charge in [-0.15, -0.1) is 0 Å². The third-order valence-electron chi connectivity index (χ3n) is 6.73. The van der Waals surface area contributed by atoms with Crippen molar-refractivity contribution in [3.63, 3.8) is 0 Å². The van der Waals surface area contributed by atoms with Gasteiger partial charge in [0.1, 0.15) is 11.4 Å². The number of nitrogens with zero attached hydrogens (tertiary/aromatic N) is 4. The Morgan fingerprint density at radius 3 is 2.32 bits per heavy atom. The number of rotatable bonds is 6. The molecule has 1 aliphatic carbocycles. The Kier molecular flexibility index (Phi) is 8.95. The zero-order chi connectivity index (χ0) is 25.9. The van der Waals surface area contributed by atoms with Gasteiger partial charge in [0.05, 0.1) is 5.92 Å². The Bertz CT molecular complexity index is 1090. The first kappa shape index (κ1) is 28.2. The lowest BCUT2D eigenvalue weighted by Crippen LogP contribution is -2.47. The first-order valence-corrected chi connectivity index (χ1v) is 12.0. The van der Waals surface area contributed by atoms with E-state index in [2.05, 4.69) is 25.5 Å². The minimum Gasteiger partial charge on any atom is -0.369 e. The number of nitrogens with two attached hydrogens (primary N) is 1. The average Bonchev–Trinajstić information content (AvgIpc) is 2.84. The predicted octanol–water partition coefficient (Wildman–Crippen LogP) is 3.72. The molecule has 202 valence electrons. The van der Waals surface area contributed by atoms with Crippen LogP contribution in [0.25, 0.3) is 0 Å². The highest BCUT2D eigenvalue weighted by atomic mass is 19.4. The summed E-state index contributed by atoms with van der Waals surface area (Å²) >= 11 is 0. The number of hydrogen-bond donors (Lipinski definition) is 3. The monoisotopic (exact) mass is 521 g/mol. The van der Waals surface area contributed by atoms with Crippen LogP contribution in [0.4, 0.5) is 30.6 Å². The summed E-state index contributed by atoms with van der Waals surface area (Å²) in [5.74, 6) is -1.63.